The molecule has 0 aliphatic heterocycles. The molecule has 0 saturated heterocycles. The van der Waals surface area contributed by atoms with E-state index in [1.807, 2.05) is 66.7 Å². The number of aromatic hydroxyl groups is 1. The maximum atomic E-state index is 14.5. The fourth-order valence-corrected chi connectivity index (χ4v) is 7.31. The van der Waals surface area contributed by atoms with Gasteiger partial charge < -0.3 is 9.84 Å². The van der Waals surface area contributed by atoms with Gasteiger partial charge in [0.2, 0.25) is 0 Å². The molecule has 0 amide bonds. The van der Waals surface area contributed by atoms with Gasteiger partial charge in [0, 0.05) is 23.1 Å². The molecule has 2 bridgehead atoms. The molecule has 0 aromatic heterocycles. The van der Waals surface area contributed by atoms with Crippen LogP contribution in [0.1, 0.15) is 45.6 Å². The molecule has 3 aliphatic rings. The van der Waals surface area contributed by atoms with E-state index >= 15 is 0 Å². The minimum Gasteiger partial charge on any atom is -0.508 e. The molecular formula is C37H26O3. The molecule has 0 saturated carbocycles. The van der Waals surface area contributed by atoms with Crippen LogP contribution < -0.4 is 4.74 Å². The van der Waals surface area contributed by atoms with Crippen molar-refractivity contribution < 1.29 is 14.6 Å². The number of benzene rings is 6. The van der Waals surface area contributed by atoms with Crippen LogP contribution in [0.25, 0.3) is 21.5 Å². The molecular weight excluding hydrogens is 492 g/mol. The molecule has 0 spiro atoms. The van der Waals surface area contributed by atoms with Crippen molar-refractivity contribution in [3.05, 3.63) is 155 Å². The zero-order valence-electron chi connectivity index (χ0n) is 21.7. The monoisotopic (exact) mass is 518 g/mol. The highest BCUT2D eigenvalue weighted by Gasteiger charge is 2.54. The third kappa shape index (κ3) is 3.34. The molecule has 2 unspecified atom stereocenters. The summed E-state index contributed by atoms with van der Waals surface area (Å²) >= 11 is 0. The first-order valence-electron chi connectivity index (χ1n) is 13.8. The largest absolute Gasteiger partial charge is 0.508 e. The van der Waals surface area contributed by atoms with E-state index < -0.39 is 5.92 Å². The van der Waals surface area contributed by atoms with Crippen LogP contribution in [0, 0.1) is 5.92 Å². The Hall–Kier alpha value is -4.89. The normalized spacial score (nSPS) is 20.7. The summed E-state index contributed by atoms with van der Waals surface area (Å²) in [6.07, 6.45) is 0. The van der Waals surface area contributed by atoms with Crippen LogP contribution >= 0.6 is 0 Å². The van der Waals surface area contributed by atoms with Gasteiger partial charge >= 0.3 is 5.97 Å². The second-order valence-electron chi connectivity index (χ2n) is 10.9. The summed E-state index contributed by atoms with van der Waals surface area (Å²) in [6.45, 7) is 0. The SMILES string of the molecule is O=C(Oc1cccc2ccccc12)C1C2c3ccccc3C(c3ccccc32)C1c1cc2ccccc2cc1O. The molecule has 3 aliphatic carbocycles. The number of hydrogen-bond donors (Lipinski definition) is 1. The second kappa shape index (κ2) is 8.82. The highest BCUT2D eigenvalue weighted by Crippen LogP contribution is 2.62. The predicted octanol–water partition coefficient (Wildman–Crippen LogP) is 8.30. The number of esters is 1. The molecule has 6 aromatic rings. The van der Waals surface area contributed by atoms with Gasteiger partial charge in [-0.1, -0.05) is 109 Å². The van der Waals surface area contributed by atoms with Crippen LogP contribution in [0.5, 0.6) is 11.5 Å². The first kappa shape index (κ1) is 23.0. The Morgan fingerprint density at radius 2 is 1.07 bits per heavy atom. The van der Waals surface area contributed by atoms with Crippen molar-refractivity contribution in [3.8, 4) is 11.5 Å². The Bertz CT molecular complexity index is 1900. The van der Waals surface area contributed by atoms with Gasteiger partial charge in [-0.25, -0.2) is 0 Å². The van der Waals surface area contributed by atoms with Gasteiger partial charge in [0.25, 0.3) is 0 Å². The lowest BCUT2D eigenvalue weighted by atomic mass is 9.52. The highest BCUT2D eigenvalue weighted by atomic mass is 16.5. The van der Waals surface area contributed by atoms with Gasteiger partial charge in [-0.15, -0.1) is 0 Å². The quantitative estimate of drug-likeness (QED) is 0.189. The number of hydrogen-bond acceptors (Lipinski definition) is 3. The van der Waals surface area contributed by atoms with Crippen LogP contribution in [-0.2, 0) is 4.79 Å². The number of phenolic OH excluding ortho intramolecular Hbond substituents is 1. The standard InChI is InChI=1S/C37H26O3/c38-31-21-24-12-2-1-11-23(24)20-30(31)35-33-26-15-5-7-17-28(26)34(29-18-8-6-16-27(29)33)36(35)37(39)40-32-19-9-13-22-10-3-4-14-25(22)32/h1-21,33-36,38H. The molecule has 0 fully saturated rings. The maximum absolute atomic E-state index is 14.5. The van der Waals surface area contributed by atoms with E-state index in [2.05, 4.69) is 60.7 Å². The minimum atomic E-state index is -0.513. The van der Waals surface area contributed by atoms with E-state index in [1.165, 1.54) is 22.3 Å². The molecule has 9 rings (SSSR count). The van der Waals surface area contributed by atoms with Gasteiger partial charge in [0.05, 0.1) is 5.92 Å². The van der Waals surface area contributed by atoms with Gasteiger partial charge in [-0.2, -0.15) is 0 Å². The maximum Gasteiger partial charge on any atom is 0.315 e. The number of rotatable bonds is 3. The lowest BCUT2D eigenvalue weighted by Gasteiger charge is -2.50. The second-order valence-corrected chi connectivity index (χ2v) is 10.9. The lowest BCUT2D eigenvalue weighted by molar-refractivity contribution is -0.141. The van der Waals surface area contributed by atoms with Crippen LogP contribution in [0.15, 0.2) is 127 Å². The Kier molecular flexibility index (Phi) is 5.08. The molecule has 0 radical (unpaired) electrons. The van der Waals surface area contributed by atoms with E-state index in [1.54, 1.807) is 0 Å². The zero-order valence-corrected chi connectivity index (χ0v) is 21.7. The molecule has 192 valence electrons. The number of carbonyl (C=O) groups is 1. The molecule has 3 nitrogen and oxygen atoms in total. The van der Waals surface area contributed by atoms with Crippen molar-refractivity contribution in [1.29, 1.82) is 0 Å². The van der Waals surface area contributed by atoms with Crippen molar-refractivity contribution in [3.63, 3.8) is 0 Å². The molecule has 0 heterocycles. The van der Waals surface area contributed by atoms with E-state index in [4.69, 9.17) is 4.74 Å². The third-order valence-corrected chi connectivity index (χ3v) is 8.92. The van der Waals surface area contributed by atoms with E-state index in [9.17, 15) is 9.90 Å². The third-order valence-electron chi connectivity index (χ3n) is 8.92. The van der Waals surface area contributed by atoms with E-state index in [0.29, 0.717) is 5.75 Å². The molecule has 3 heteroatoms. The average molecular weight is 519 g/mol. The average Bonchev–Trinajstić information content (AvgIpc) is 3.00. The van der Waals surface area contributed by atoms with Crippen molar-refractivity contribution in [2.24, 2.45) is 5.92 Å². The molecule has 2 atom stereocenters. The highest BCUT2D eigenvalue weighted by molar-refractivity contribution is 5.92. The lowest BCUT2D eigenvalue weighted by Crippen LogP contribution is -2.43. The van der Waals surface area contributed by atoms with Crippen molar-refractivity contribution in [1.82, 2.24) is 0 Å². The smallest absolute Gasteiger partial charge is 0.315 e. The van der Waals surface area contributed by atoms with E-state index in [0.717, 1.165) is 27.1 Å². The number of ether oxygens (including phenoxy) is 1. The summed E-state index contributed by atoms with van der Waals surface area (Å²) in [4.78, 5) is 14.5. The van der Waals surface area contributed by atoms with Gasteiger partial charge in [-0.05, 0) is 62.2 Å². The Morgan fingerprint density at radius 3 is 1.75 bits per heavy atom. The predicted molar refractivity (Wildman–Crippen MR) is 158 cm³/mol. The van der Waals surface area contributed by atoms with Crippen LogP contribution in [-0.4, -0.2) is 11.1 Å². The van der Waals surface area contributed by atoms with Crippen LogP contribution in [0.4, 0.5) is 0 Å². The van der Waals surface area contributed by atoms with Crippen molar-refractivity contribution >= 4 is 27.5 Å². The number of phenols is 1. The van der Waals surface area contributed by atoms with E-state index in [-0.39, 0.29) is 29.5 Å². The Labute approximate surface area is 232 Å². The van der Waals surface area contributed by atoms with Gasteiger partial charge in [-0.3, -0.25) is 4.79 Å². The summed E-state index contributed by atoms with van der Waals surface area (Å²) in [6, 6.07) is 42.6. The number of fused-ring (bicyclic) bond motifs is 3. The summed E-state index contributed by atoms with van der Waals surface area (Å²) in [5, 5.41) is 15.4. The first-order valence-corrected chi connectivity index (χ1v) is 13.8. The fourth-order valence-electron chi connectivity index (χ4n) is 7.31. The van der Waals surface area contributed by atoms with Crippen LogP contribution in [0.2, 0.25) is 0 Å². The van der Waals surface area contributed by atoms with Crippen molar-refractivity contribution in [2.75, 3.05) is 0 Å². The molecule has 6 aromatic carbocycles. The topological polar surface area (TPSA) is 46.5 Å². The summed E-state index contributed by atoms with van der Waals surface area (Å²) in [7, 11) is 0. The summed E-state index contributed by atoms with van der Waals surface area (Å²) in [5.41, 5.74) is 5.57. The summed E-state index contributed by atoms with van der Waals surface area (Å²) < 4.78 is 6.31. The Balaban J connectivity index is 1.35. The molecule has 40 heavy (non-hydrogen) atoms. The molecule has 1 N–H and O–H groups in total. The minimum absolute atomic E-state index is 0.0884. The first-order chi connectivity index (χ1) is 19.7. The fraction of sp³-hybridized carbons (Fsp3) is 0.108. The van der Waals surface area contributed by atoms with Gasteiger partial charge in [0.15, 0.2) is 0 Å². The van der Waals surface area contributed by atoms with Crippen molar-refractivity contribution in [2.45, 2.75) is 17.8 Å². The van der Waals surface area contributed by atoms with Gasteiger partial charge in [0.1, 0.15) is 11.5 Å². The zero-order chi connectivity index (χ0) is 26.8. The number of carbonyl (C=O) groups excluding carboxylic acids is 1. The summed E-state index contributed by atoms with van der Waals surface area (Å²) in [5.74, 6) is -0.567. The Morgan fingerprint density at radius 1 is 0.550 bits per heavy atom. The van der Waals surface area contributed by atoms with Crippen LogP contribution in [0.3, 0.4) is 0 Å².